The van der Waals surface area contributed by atoms with Gasteiger partial charge in [0.25, 0.3) is 5.24 Å². The lowest BCUT2D eigenvalue weighted by atomic mass is 10.0. The molecule has 0 saturated heterocycles. The summed E-state index contributed by atoms with van der Waals surface area (Å²) in [5.41, 5.74) is 1.55. The maximum atomic E-state index is 11.3. The molecule has 5 heteroatoms. The zero-order chi connectivity index (χ0) is 13.3. The first-order chi connectivity index (χ1) is 8.50. The van der Waals surface area contributed by atoms with Gasteiger partial charge in [0, 0.05) is 21.2 Å². The van der Waals surface area contributed by atoms with Gasteiger partial charge >= 0.3 is 0 Å². The summed E-state index contributed by atoms with van der Waals surface area (Å²) in [7, 11) is 0. The van der Waals surface area contributed by atoms with Crippen LogP contribution in [0.1, 0.15) is 10.4 Å². The number of carbonyl (C=O) groups excluding carboxylic acids is 1. The minimum absolute atomic E-state index is 0.206. The number of hydrogen-bond donors (Lipinski definition) is 0. The van der Waals surface area contributed by atoms with Crippen LogP contribution in [0, 0.1) is 0 Å². The Morgan fingerprint density at radius 1 is 0.833 bits per heavy atom. The first-order valence-electron chi connectivity index (χ1n) is 4.94. The Kier molecular flexibility index (Phi) is 4.18. The van der Waals surface area contributed by atoms with Crippen molar-refractivity contribution in [3.05, 3.63) is 57.0 Å². The van der Waals surface area contributed by atoms with Crippen molar-refractivity contribution in [3.63, 3.8) is 0 Å². The Morgan fingerprint density at radius 2 is 1.50 bits per heavy atom. The largest absolute Gasteiger partial charge is 0.276 e. The summed E-state index contributed by atoms with van der Waals surface area (Å²) in [5, 5.41) is 0.533. The van der Waals surface area contributed by atoms with Gasteiger partial charge < -0.3 is 0 Å². The van der Waals surface area contributed by atoms with E-state index in [0.29, 0.717) is 15.6 Å². The van der Waals surface area contributed by atoms with Gasteiger partial charge in [-0.3, -0.25) is 4.79 Å². The van der Waals surface area contributed by atoms with Gasteiger partial charge in [0.15, 0.2) is 0 Å². The third-order valence-electron chi connectivity index (χ3n) is 2.43. The standard InChI is InChI=1S/C13H6Cl4O/c14-10-4-2-1-3-7(10)8-5-9(13(17)18)12(16)6-11(8)15/h1-6H. The fourth-order valence-electron chi connectivity index (χ4n) is 1.59. The SMILES string of the molecule is O=C(Cl)c1cc(-c2ccccc2Cl)c(Cl)cc1Cl. The molecule has 0 amide bonds. The van der Waals surface area contributed by atoms with Crippen LogP contribution in [-0.4, -0.2) is 5.24 Å². The van der Waals surface area contributed by atoms with E-state index in [1.165, 1.54) is 6.07 Å². The summed E-state index contributed by atoms with van der Waals surface area (Å²) in [6, 6.07) is 10.2. The van der Waals surface area contributed by atoms with Crippen LogP contribution in [0.2, 0.25) is 15.1 Å². The van der Waals surface area contributed by atoms with Gasteiger partial charge in [0.05, 0.1) is 10.6 Å². The van der Waals surface area contributed by atoms with Crippen molar-refractivity contribution < 1.29 is 4.79 Å². The third-order valence-corrected chi connectivity index (χ3v) is 3.59. The third kappa shape index (κ3) is 2.65. The normalized spacial score (nSPS) is 10.4. The zero-order valence-corrected chi connectivity index (χ0v) is 11.9. The quantitative estimate of drug-likeness (QED) is 0.649. The van der Waals surface area contributed by atoms with E-state index in [0.717, 1.165) is 5.56 Å². The van der Waals surface area contributed by atoms with E-state index in [9.17, 15) is 4.79 Å². The molecule has 0 N–H and O–H groups in total. The van der Waals surface area contributed by atoms with E-state index in [2.05, 4.69) is 0 Å². The Balaban J connectivity index is 2.69. The maximum absolute atomic E-state index is 11.3. The van der Waals surface area contributed by atoms with E-state index in [1.54, 1.807) is 18.2 Å². The van der Waals surface area contributed by atoms with Gasteiger partial charge in [-0.05, 0) is 29.8 Å². The van der Waals surface area contributed by atoms with Crippen LogP contribution in [0.5, 0.6) is 0 Å². The maximum Gasteiger partial charge on any atom is 0.253 e. The predicted octanol–water partition coefficient (Wildman–Crippen LogP) is 5.69. The average molecular weight is 320 g/mol. The highest BCUT2D eigenvalue weighted by atomic mass is 35.5. The topological polar surface area (TPSA) is 17.1 Å². The van der Waals surface area contributed by atoms with Crippen LogP contribution in [0.15, 0.2) is 36.4 Å². The molecule has 0 aliphatic rings. The Bertz CT molecular complexity index is 622. The van der Waals surface area contributed by atoms with E-state index >= 15 is 0 Å². The molecule has 0 aliphatic heterocycles. The number of halogens is 4. The second-order valence-electron chi connectivity index (χ2n) is 3.57. The number of rotatable bonds is 2. The molecule has 0 bridgehead atoms. The van der Waals surface area contributed by atoms with E-state index in [4.69, 9.17) is 46.4 Å². The van der Waals surface area contributed by atoms with Gasteiger partial charge in [-0.2, -0.15) is 0 Å². The minimum atomic E-state index is -0.634. The van der Waals surface area contributed by atoms with Crippen LogP contribution < -0.4 is 0 Å². The van der Waals surface area contributed by atoms with Crippen molar-refractivity contribution >= 4 is 51.6 Å². The van der Waals surface area contributed by atoms with Crippen molar-refractivity contribution in [2.24, 2.45) is 0 Å². The summed E-state index contributed by atoms with van der Waals surface area (Å²) < 4.78 is 0. The first-order valence-corrected chi connectivity index (χ1v) is 6.45. The fraction of sp³-hybridized carbons (Fsp3) is 0. The number of carbonyl (C=O) groups is 1. The predicted molar refractivity (Wildman–Crippen MR) is 77.1 cm³/mol. The van der Waals surface area contributed by atoms with Crippen molar-refractivity contribution in [2.75, 3.05) is 0 Å². The molecule has 0 heterocycles. The summed E-state index contributed by atoms with van der Waals surface area (Å²) in [6.07, 6.45) is 0. The second kappa shape index (κ2) is 5.50. The molecule has 0 radical (unpaired) electrons. The highest BCUT2D eigenvalue weighted by Gasteiger charge is 2.14. The molecule has 0 aromatic heterocycles. The Labute approximate surface area is 124 Å². The van der Waals surface area contributed by atoms with Crippen molar-refractivity contribution in [1.29, 1.82) is 0 Å². The monoisotopic (exact) mass is 318 g/mol. The zero-order valence-electron chi connectivity index (χ0n) is 8.88. The van der Waals surface area contributed by atoms with Gasteiger partial charge in [-0.15, -0.1) is 0 Å². The van der Waals surface area contributed by atoms with Crippen LogP contribution in [-0.2, 0) is 0 Å². The summed E-state index contributed by atoms with van der Waals surface area (Å²) >= 11 is 23.6. The Hall–Kier alpha value is -0.730. The smallest absolute Gasteiger partial charge is 0.253 e. The van der Waals surface area contributed by atoms with Gasteiger partial charge in [-0.1, -0.05) is 53.0 Å². The highest BCUT2D eigenvalue weighted by Crippen LogP contribution is 2.36. The fourth-order valence-corrected chi connectivity index (χ4v) is 2.60. The lowest BCUT2D eigenvalue weighted by Gasteiger charge is -2.09. The molecule has 18 heavy (non-hydrogen) atoms. The molecule has 2 aromatic rings. The molecule has 92 valence electrons. The molecule has 0 fully saturated rings. The summed E-state index contributed by atoms with van der Waals surface area (Å²) in [4.78, 5) is 11.3. The van der Waals surface area contributed by atoms with Crippen LogP contribution >= 0.6 is 46.4 Å². The molecular weight excluding hydrogens is 314 g/mol. The number of hydrogen-bond acceptors (Lipinski definition) is 1. The van der Waals surface area contributed by atoms with Gasteiger partial charge in [0.2, 0.25) is 0 Å². The summed E-state index contributed by atoms with van der Waals surface area (Å²) in [5.74, 6) is 0. The van der Waals surface area contributed by atoms with Gasteiger partial charge in [0.1, 0.15) is 0 Å². The Morgan fingerprint density at radius 3 is 2.11 bits per heavy atom. The van der Waals surface area contributed by atoms with Crippen molar-refractivity contribution in [1.82, 2.24) is 0 Å². The average Bonchev–Trinajstić information content (AvgIpc) is 2.30. The second-order valence-corrected chi connectivity index (χ2v) is 5.13. The molecule has 0 atom stereocenters. The lowest BCUT2D eigenvalue weighted by Crippen LogP contribution is -1.93. The van der Waals surface area contributed by atoms with Crippen LogP contribution in [0.3, 0.4) is 0 Å². The van der Waals surface area contributed by atoms with E-state index < -0.39 is 5.24 Å². The molecule has 2 aromatic carbocycles. The molecule has 0 aliphatic carbocycles. The van der Waals surface area contributed by atoms with E-state index in [-0.39, 0.29) is 10.6 Å². The molecule has 0 saturated carbocycles. The van der Waals surface area contributed by atoms with Crippen LogP contribution in [0.25, 0.3) is 11.1 Å². The summed E-state index contributed by atoms with van der Waals surface area (Å²) in [6.45, 7) is 0. The van der Waals surface area contributed by atoms with Crippen molar-refractivity contribution in [2.45, 2.75) is 0 Å². The highest BCUT2D eigenvalue weighted by molar-refractivity contribution is 6.69. The number of benzene rings is 2. The first kappa shape index (κ1) is 13.7. The van der Waals surface area contributed by atoms with E-state index in [1.807, 2.05) is 12.1 Å². The van der Waals surface area contributed by atoms with Crippen molar-refractivity contribution in [3.8, 4) is 11.1 Å². The van der Waals surface area contributed by atoms with Gasteiger partial charge in [-0.25, -0.2) is 0 Å². The molecule has 1 nitrogen and oxygen atoms in total. The van der Waals surface area contributed by atoms with Crippen LogP contribution in [0.4, 0.5) is 0 Å². The minimum Gasteiger partial charge on any atom is -0.276 e. The molecule has 0 unspecified atom stereocenters. The molecule has 2 rings (SSSR count). The lowest BCUT2D eigenvalue weighted by molar-refractivity contribution is 0.108. The molecule has 0 spiro atoms. The molecular formula is C13H6Cl4O.